The minimum absolute atomic E-state index is 0.184. The molecule has 2 aliphatic carbocycles. The van der Waals surface area contributed by atoms with Crippen LogP contribution in [0.25, 0.3) is 0 Å². The Morgan fingerprint density at radius 3 is 2.29 bits per heavy atom. The summed E-state index contributed by atoms with van der Waals surface area (Å²) in [6, 6.07) is 0. The summed E-state index contributed by atoms with van der Waals surface area (Å²) in [6.45, 7) is -0.249. The van der Waals surface area contributed by atoms with Gasteiger partial charge in [0.05, 0.1) is 18.9 Å². The van der Waals surface area contributed by atoms with Crippen molar-refractivity contribution in [2.45, 2.75) is 6.42 Å². The molecule has 0 spiro atoms. The third kappa shape index (κ3) is 1.28. The molecule has 1 saturated carbocycles. The standard InChI is InChI=1S/C12H13NO4/c1-17-8(14)5-13-11(15)9-6-2-3-7(4-6)10(9)12(13)16/h2-3,6-7,9-10H,4-5H2,1H3/t6-,7+,9-,10-/m0/s1. The second-order valence-electron chi connectivity index (χ2n) is 4.84. The maximum absolute atomic E-state index is 12.1. The highest BCUT2D eigenvalue weighted by atomic mass is 16.5. The van der Waals surface area contributed by atoms with E-state index in [0.717, 1.165) is 11.3 Å². The molecule has 3 rings (SSSR count). The van der Waals surface area contributed by atoms with E-state index >= 15 is 0 Å². The van der Waals surface area contributed by atoms with Crippen LogP contribution in [0.1, 0.15) is 6.42 Å². The van der Waals surface area contributed by atoms with Crippen molar-refractivity contribution in [2.24, 2.45) is 23.7 Å². The monoisotopic (exact) mass is 235 g/mol. The largest absolute Gasteiger partial charge is 0.468 e. The predicted molar refractivity (Wildman–Crippen MR) is 56.5 cm³/mol. The van der Waals surface area contributed by atoms with E-state index in [2.05, 4.69) is 4.74 Å². The van der Waals surface area contributed by atoms with Crippen LogP contribution in [0.4, 0.5) is 0 Å². The summed E-state index contributed by atoms with van der Waals surface area (Å²) in [5.74, 6) is -1.06. The summed E-state index contributed by atoms with van der Waals surface area (Å²) in [6.07, 6.45) is 4.95. The average molecular weight is 235 g/mol. The molecule has 0 aromatic heterocycles. The van der Waals surface area contributed by atoms with E-state index in [1.165, 1.54) is 7.11 Å². The van der Waals surface area contributed by atoms with Gasteiger partial charge in [0, 0.05) is 0 Å². The number of imide groups is 1. The zero-order chi connectivity index (χ0) is 12.2. The van der Waals surface area contributed by atoms with Crippen molar-refractivity contribution < 1.29 is 19.1 Å². The molecule has 1 heterocycles. The molecule has 5 heteroatoms. The molecule has 1 saturated heterocycles. The Balaban J connectivity index is 1.85. The first-order chi connectivity index (χ1) is 8.13. The molecule has 0 aromatic rings. The summed E-state index contributed by atoms with van der Waals surface area (Å²) < 4.78 is 4.50. The quantitative estimate of drug-likeness (QED) is 0.383. The minimum Gasteiger partial charge on any atom is -0.468 e. The van der Waals surface area contributed by atoms with Crippen molar-refractivity contribution in [3.63, 3.8) is 0 Å². The number of hydrogen-bond donors (Lipinski definition) is 0. The number of allylic oxidation sites excluding steroid dienone is 2. The molecule has 90 valence electrons. The van der Waals surface area contributed by atoms with Gasteiger partial charge < -0.3 is 4.74 Å². The summed E-state index contributed by atoms with van der Waals surface area (Å²) in [5.41, 5.74) is 0. The molecule has 0 aromatic carbocycles. The summed E-state index contributed by atoms with van der Waals surface area (Å²) in [4.78, 5) is 36.4. The molecule has 2 amide bonds. The lowest BCUT2D eigenvalue weighted by Crippen LogP contribution is -2.37. The molecular formula is C12H13NO4. The van der Waals surface area contributed by atoms with Crippen LogP contribution in [0, 0.1) is 23.7 Å². The Hall–Kier alpha value is -1.65. The van der Waals surface area contributed by atoms with Gasteiger partial charge in [0.15, 0.2) is 0 Å². The molecule has 2 fully saturated rings. The summed E-state index contributed by atoms with van der Waals surface area (Å²) in [7, 11) is 1.25. The zero-order valence-electron chi connectivity index (χ0n) is 9.46. The molecule has 5 nitrogen and oxygen atoms in total. The van der Waals surface area contributed by atoms with Gasteiger partial charge in [-0.2, -0.15) is 0 Å². The number of amides is 2. The first-order valence-electron chi connectivity index (χ1n) is 5.74. The second-order valence-corrected chi connectivity index (χ2v) is 4.84. The third-order valence-corrected chi connectivity index (χ3v) is 4.08. The van der Waals surface area contributed by atoms with E-state index in [4.69, 9.17) is 0 Å². The van der Waals surface area contributed by atoms with Gasteiger partial charge in [-0.05, 0) is 18.3 Å². The van der Waals surface area contributed by atoms with E-state index in [9.17, 15) is 14.4 Å². The molecule has 0 unspecified atom stereocenters. The lowest BCUT2D eigenvalue weighted by Gasteiger charge is -2.15. The first-order valence-corrected chi connectivity index (χ1v) is 5.74. The van der Waals surface area contributed by atoms with Crippen molar-refractivity contribution in [3.05, 3.63) is 12.2 Å². The van der Waals surface area contributed by atoms with Crippen LogP contribution in [-0.4, -0.2) is 36.3 Å². The van der Waals surface area contributed by atoms with Crippen molar-refractivity contribution in [3.8, 4) is 0 Å². The lowest BCUT2D eigenvalue weighted by molar-refractivity contribution is -0.151. The average Bonchev–Trinajstić information content (AvgIpc) is 2.98. The minimum atomic E-state index is -0.549. The Bertz CT molecular complexity index is 412. The number of nitrogens with zero attached hydrogens (tertiary/aromatic N) is 1. The highest BCUT2D eigenvalue weighted by Crippen LogP contribution is 2.52. The molecule has 3 aliphatic rings. The van der Waals surface area contributed by atoms with Gasteiger partial charge in [0.25, 0.3) is 0 Å². The maximum Gasteiger partial charge on any atom is 0.325 e. The molecule has 2 bridgehead atoms. The molecule has 1 aliphatic heterocycles. The number of esters is 1. The van der Waals surface area contributed by atoms with Gasteiger partial charge in [-0.1, -0.05) is 12.2 Å². The van der Waals surface area contributed by atoms with Gasteiger partial charge >= 0.3 is 5.97 Å². The number of fused-ring (bicyclic) bond motifs is 5. The molecule has 4 atom stereocenters. The van der Waals surface area contributed by atoms with Crippen LogP contribution in [-0.2, 0) is 19.1 Å². The van der Waals surface area contributed by atoms with Crippen LogP contribution in [0.3, 0.4) is 0 Å². The highest BCUT2D eigenvalue weighted by Gasteiger charge is 2.59. The van der Waals surface area contributed by atoms with E-state index < -0.39 is 5.97 Å². The van der Waals surface area contributed by atoms with Gasteiger partial charge in [-0.15, -0.1) is 0 Å². The molecular weight excluding hydrogens is 222 g/mol. The fourth-order valence-corrected chi connectivity index (χ4v) is 3.31. The molecule has 0 radical (unpaired) electrons. The second kappa shape index (κ2) is 3.42. The van der Waals surface area contributed by atoms with Gasteiger partial charge in [0.1, 0.15) is 6.54 Å². The van der Waals surface area contributed by atoms with E-state index in [1.807, 2.05) is 12.2 Å². The Labute approximate surface area is 98.4 Å². The third-order valence-electron chi connectivity index (χ3n) is 4.08. The number of ether oxygens (including phenoxy) is 1. The van der Waals surface area contributed by atoms with Crippen LogP contribution in [0.5, 0.6) is 0 Å². The van der Waals surface area contributed by atoms with Crippen molar-refractivity contribution in [1.82, 2.24) is 4.90 Å². The fraction of sp³-hybridized carbons (Fsp3) is 0.583. The summed E-state index contributed by atoms with van der Waals surface area (Å²) in [5, 5.41) is 0. The number of methoxy groups -OCH3 is 1. The van der Waals surface area contributed by atoms with Crippen LogP contribution < -0.4 is 0 Å². The predicted octanol–water partition coefficient (Wildman–Crippen LogP) is -0.0335. The first kappa shape index (κ1) is 10.5. The Morgan fingerprint density at radius 1 is 1.29 bits per heavy atom. The highest BCUT2D eigenvalue weighted by molar-refractivity contribution is 6.08. The number of carbonyl (C=O) groups excluding carboxylic acids is 3. The van der Waals surface area contributed by atoms with E-state index in [-0.39, 0.29) is 42.0 Å². The number of hydrogen-bond acceptors (Lipinski definition) is 4. The fourth-order valence-electron chi connectivity index (χ4n) is 3.31. The lowest BCUT2D eigenvalue weighted by atomic mass is 9.85. The Morgan fingerprint density at radius 2 is 1.82 bits per heavy atom. The van der Waals surface area contributed by atoms with Crippen molar-refractivity contribution >= 4 is 17.8 Å². The van der Waals surface area contributed by atoms with Gasteiger partial charge in [0.2, 0.25) is 11.8 Å². The number of rotatable bonds is 2. The van der Waals surface area contributed by atoms with E-state index in [1.54, 1.807) is 0 Å². The maximum atomic E-state index is 12.1. The van der Waals surface area contributed by atoms with Crippen LogP contribution in [0.2, 0.25) is 0 Å². The topological polar surface area (TPSA) is 63.7 Å². The zero-order valence-corrected chi connectivity index (χ0v) is 9.46. The summed E-state index contributed by atoms with van der Waals surface area (Å²) >= 11 is 0. The van der Waals surface area contributed by atoms with E-state index in [0.29, 0.717) is 0 Å². The SMILES string of the molecule is COC(=O)CN1C(=O)[C@@H]2[C@@H](C1=O)[C@H]1C=C[C@@H]2C1. The normalized spacial score (nSPS) is 37.8. The Kier molecular flexibility index (Phi) is 2.11. The molecule has 17 heavy (non-hydrogen) atoms. The van der Waals surface area contributed by atoms with Crippen LogP contribution >= 0.6 is 0 Å². The smallest absolute Gasteiger partial charge is 0.325 e. The van der Waals surface area contributed by atoms with Crippen LogP contribution in [0.15, 0.2) is 12.2 Å². The van der Waals surface area contributed by atoms with Gasteiger partial charge in [-0.3, -0.25) is 19.3 Å². The van der Waals surface area contributed by atoms with Crippen molar-refractivity contribution in [2.75, 3.05) is 13.7 Å². The number of likely N-dealkylation sites (tertiary alicyclic amines) is 1. The number of carbonyl (C=O) groups is 3. The molecule has 0 N–H and O–H groups in total. The van der Waals surface area contributed by atoms with Gasteiger partial charge in [-0.25, -0.2) is 0 Å². The van der Waals surface area contributed by atoms with Crippen molar-refractivity contribution in [1.29, 1.82) is 0 Å².